The van der Waals surface area contributed by atoms with E-state index in [4.69, 9.17) is 5.14 Å². The van der Waals surface area contributed by atoms with Crippen LogP contribution < -0.4 is 9.86 Å². The average molecular weight is 205 g/mol. The van der Waals surface area contributed by atoms with Gasteiger partial charge in [0.15, 0.2) is 0 Å². The maximum atomic E-state index is 10.8. The zero-order valence-corrected chi connectivity index (χ0v) is 8.26. The number of rotatable bonds is 2. The number of nitrogens with one attached hydrogen (secondary N) is 1. The Bertz CT molecular complexity index is 282. The lowest BCUT2D eigenvalue weighted by molar-refractivity contribution is 0.0827. The first-order valence-electron chi connectivity index (χ1n) is 4.57. The molecule has 3 rings (SSSR count). The van der Waals surface area contributed by atoms with E-state index < -0.39 is 10.2 Å². The Hall–Kier alpha value is -0.170. The van der Waals surface area contributed by atoms with Crippen LogP contribution in [0.1, 0.15) is 12.8 Å². The summed E-state index contributed by atoms with van der Waals surface area (Å²) >= 11 is 0. The van der Waals surface area contributed by atoms with Gasteiger partial charge >= 0.3 is 0 Å². The summed E-state index contributed by atoms with van der Waals surface area (Å²) in [5.41, 5.74) is 0. The number of fused-ring (bicyclic) bond motifs is 3. The van der Waals surface area contributed by atoms with Crippen LogP contribution in [-0.4, -0.2) is 39.0 Å². The molecule has 0 saturated carbocycles. The first kappa shape index (κ1) is 9.39. The molecule has 2 bridgehead atoms. The molecule has 5 nitrogen and oxygen atoms in total. The van der Waals surface area contributed by atoms with Crippen molar-refractivity contribution < 1.29 is 8.42 Å². The Labute approximate surface area is 78.5 Å². The number of nitrogens with zero attached hydrogens (tertiary/aromatic N) is 1. The largest absolute Gasteiger partial charge is 0.302 e. The highest BCUT2D eigenvalue weighted by molar-refractivity contribution is 7.87. The lowest BCUT2D eigenvalue weighted by atomic mass is 9.85. The van der Waals surface area contributed by atoms with Gasteiger partial charge in [0.2, 0.25) is 0 Å². The number of piperidine rings is 3. The number of nitrogens with two attached hydrogens (primary N) is 1. The van der Waals surface area contributed by atoms with Gasteiger partial charge in [-0.05, 0) is 31.8 Å². The molecule has 13 heavy (non-hydrogen) atoms. The van der Waals surface area contributed by atoms with Crippen molar-refractivity contribution in [1.82, 2.24) is 9.62 Å². The molecule has 6 heteroatoms. The Balaban J connectivity index is 2.01. The predicted molar refractivity (Wildman–Crippen MR) is 49.2 cm³/mol. The van der Waals surface area contributed by atoms with Crippen molar-refractivity contribution in [3.63, 3.8) is 0 Å². The molecule has 3 N–H and O–H groups in total. The molecule has 0 aromatic carbocycles. The first-order valence-corrected chi connectivity index (χ1v) is 6.11. The van der Waals surface area contributed by atoms with Crippen LogP contribution in [0.2, 0.25) is 0 Å². The molecule has 0 aromatic heterocycles. The lowest BCUT2D eigenvalue weighted by Crippen LogP contribution is -2.58. The topological polar surface area (TPSA) is 75.4 Å². The molecule has 3 aliphatic heterocycles. The third-order valence-electron chi connectivity index (χ3n) is 2.97. The second-order valence-electron chi connectivity index (χ2n) is 3.91. The van der Waals surface area contributed by atoms with Gasteiger partial charge in [0.05, 0.1) is 0 Å². The minimum atomic E-state index is -3.52. The van der Waals surface area contributed by atoms with Crippen molar-refractivity contribution in [2.45, 2.75) is 18.9 Å². The van der Waals surface area contributed by atoms with E-state index >= 15 is 0 Å². The number of hydrogen-bond acceptors (Lipinski definition) is 3. The predicted octanol–water partition coefficient (Wildman–Crippen LogP) is -1.13. The van der Waals surface area contributed by atoms with E-state index in [0.29, 0.717) is 5.92 Å². The highest BCUT2D eigenvalue weighted by Gasteiger charge is 2.35. The van der Waals surface area contributed by atoms with Gasteiger partial charge in [0.1, 0.15) is 0 Å². The van der Waals surface area contributed by atoms with Crippen LogP contribution in [0, 0.1) is 5.92 Å². The smallest absolute Gasteiger partial charge is 0.274 e. The highest BCUT2D eigenvalue weighted by Crippen LogP contribution is 2.27. The molecular formula is C7H15N3O2S. The molecule has 1 atom stereocenters. The Morgan fingerprint density at radius 3 is 2.31 bits per heavy atom. The van der Waals surface area contributed by atoms with E-state index in [2.05, 4.69) is 9.62 Å². The van der Waals surface area contributed by atoms with E-state index in [1.165, 1.54) is 0 Å². The third-order valence-corrected chi connectivity index (χ3v) is 3.60. The second kappa shape index (κ2) is 3.20. The molecular weight excluding hydrogens is 190 g/mol. The maximum Gasteiger partial charge on any atom is 0.274 e. The van der Waals surface area contributed by atoms with Gasteiger partial charge in [-0.25, -0.2) is 5.14 Å². The van der Waals surface area contributed by atoms with Crippen LogP contribution in [-0.2, 0) is 10.2 Å². The van der Waals surface area contributed by atoms with Crippen molar-refractivity contribution in [2.75, 3.05) is 19.6 Å². The summed E-state index contributed by atoms with van der Waals surface area (Å²) in [4.78, 5) is 2.28. The maximum absolute atomic E-state index is 10.8. The van der Waals surface area contributed by atoms with Crippen molar-refractivity contribution in [3.05, 3.63) is 0 Å². The van der Waals surface area contributed by atoms with Crippen LogP contribution >= 0.6 is 0 Å². The zero-order chi connectivity index (χ0) is 9.47. The molecule has 0 radical (unpaired) electrons. The molecule has 1 unspecified atom stereocenters. The number of hydrogen-bond donors (Lipinski definition) is 2. The summed E-state index contributed by atoms with van der Waals surface area (Å²) < 4.78 is 24.1. The summed E-state index contributed by atoms with van der Waals surface area (Å²) in [6.07, 6.45) is 2.18. The van der Waals surface area contributed by atoms with Crippen molar-refractivity contribution >= 4 is 10.2 Å². The van der Waals surface area contributed by atoms with Gasteiger partial charge in [-0.15, -0.1) is 0 Å². The van der Waals surface area contributed by atoms with Gasteiger partial charge in [-0.2, -0.15) is 13.1 Å². The van der Waals surface area contributed by atoms with Gasteiger partial charge in [0.25, 0.3) is 10.2 Å². The van der Waals surface area contributed by atoms with Crippen LogP contribution in [0.25, 0.3) is 0 Å². The fraction of sp³-hybridized carbons (Fsp3) is 1.00. The molecule has 0 aromatic rings. The second-order valence-corrected chi connectivity index (χ2v) is 5.23. The average Bonchev–Trinajstić information content (AvgIpc) is 2.03. The van der Waals surface area contributed by atoms with E-state index in [-0.39, 0.29) is 6.04 Å². The van der Waals surface area contributed by atoms with Gasteiger partial charge in [-0.3, -0.25) is 0 Å². The van der Waals surface area contributed by atoms with Crippen molar-refractivity contribution in [3.8, 4) is 0 Å². The molecule has 76 valence electrons. The first-order chi connectivity index (χ1) is 6.04. The Morgan fingerprint density at radius 1 is 1.31 bits per heavy atom. The SMILES string of the molecule is NS(=O)(=O)NC1CN2CCC1CC2. The van der Waals surface area contributed by atoms with Crippen LogP contribution in [0.3, 0.4) is 0 Å². The summed E-state index contributed by atoms with van der Waals surface area (Å²) in [6.45, 7) is 3.03. The van der Waals surface area contributed by atoms with Crippen LogP contribution in [0.4, 0.5) is 0 Å². The fourth-order valence-corrected chi connectivity index (χ4v) is 3.00. The van der Waals surface area contributed by atoms with E-state index in [1.807, 2.05) is 0 Å². The quantitative estimate of drug-likeness (QED) is 0.599. The molecule has 3 aliphatic rings. The van der Waals surface area contributed by atoms with Gasteiger partial charge in [-0.1, -0.05) is 0 Å². The van der Waals surface area contributed by atoms with Crippen LogP contribution in [0.15, 0.2) is 0 Å². The van der Waals surface area contributed by atoms with E-state index in [0.717, 1.165) is 32.5 Å². The summed E-state index contributed by atoms with van der Waals surface area (Å²) in [5.74, 6) is 0.489. The third kappa shape index (κ3) is 2.19. The normalized spacial score (nSPS) is 39.3. The molecule has 3 heterocycles. The highest BCUT2D eigenvalue weighted by atomic mass is 32.2. The lowest BCUT2D eigenvalue weighted by Gasteiger charge is -2.44. The monoisotopic (exact) mass is 205 g/mol. The van der Waals surface area contributed by atoms with Crippen molar-refractivity contribution in [2.24, 2.45) is 11.1 Å². The Morgan fingerprint density at radius 2 is 1.92 bits per heavy atom. The Kier molecular flexibility index (Phi) is 2.31. The van der Waals surface area contributed by atoms with Crippen LogP contribution in [0.5, 0.6) is 0 Å². The van der Waals surface area contributed by atoms with Gasteiger partial charge < -0.3 is 4.90 Å². The molecule has 0 spiro atoms. The van der Waals surface area contributed by atoms with E-state index in [1.54, 1.807) is 0 Å². The van der Waals surface area contributed by atoms with Gasteiger partial charge in [0, 0.05) is 12.6 Å². The summed E-state index contributed by atoms with van der Waals surface area (Å²) in [5, 5.41) is 4.94. The minimum absolute atomic E-state index is 0.0394. The molecule has 0 amide bonds. The minimum Gasteiger partial charge on any atom is -0.302 e. The fourth-order valence-electron chi connectivity index (χ4n) is 2.31. The summed E-state index contributed by atoms with van der Waals surface area (Å²) in [7, 11) is -3.52. The molecule has 3 saturated heterocycles. The molecule has 0 aliphatic carbocycles. The van der Waals surface area contributed by atoms with E-state index in [9.17, 15) is 8.42 Å². The van der Waals surface area contributed by atoms with Crippen molar-refractivity contribution in [1.29, 1.82) is 0 Å². The molecule has 3 fully saturated rings. The zero-order valence-electron chi connectivity index (χ0n) is 7.44. The standard InChI is InChI=1S/C7H15N3O2S/c8-13(11,12)9-7-5-10-3-1-6(7)2-4-10/h6-7,9H,1-5H2,(H2,8,11,12). The summed E-state index contributed by atoms with van der Waals surface area (Å²) in [6, 6.07) is 0.0394.